The Bertz CT molecular complexity index is 1290. The second-order valence-corrected chi connectivity index (χ2v) is 9.29. The molecule has 0 saturated carbocycles. The molecule has 2 aromatic heterocycles. The van der Waals surface area contributed by atoms with Crippen LogP contribution in [-0.4, -0.2) is 38.7 Å². The lowest BCUT2D eigenvalue weighted by Gasteiger charge is -2.30. The van der Waals surface area contributed by atoms with Gasteiger partial charge in [-0.25, -0.2) is 14.6 Å². The molecule has 3 heterocycles. The Balaban J connectivity index is 1.68. The van der Waals surface area contributed by atoms with Crippen LogP contribution in [0.5, 0.6) is 0 Å². The Hall–Kier alpha value is -3.57. The van der Waals surface area contributed by atoms with Gasteiger partial charge in [-0.1, -0.05) is 17.7 Å². The molecule has 33 heavy (non-hydrogen) atoms. The van der Waals surface area contributed by atoms with Gasteiger partial charge in [0, 0.05) is 42.4 Å². The van der Waals surface area contributed by atoms with E-state index in [-0.39, 0.29) is 18.7 Å². The third kappa shape index (κ3) is 4.78. The molecule has 0 aliphatic carbocycles. The van der Waals surface area contributed by atoms with Crippen molar-refractivity contribution < 1.29 is 14.3 Å². The maximum Gasteiger partial charge on any atom is 0.410 e. The number of nitrogens with one attached hydrogen (secondary N) is 1. The summed E-state index contributed by atoms with van der Waals surface area (Å²) in [6.45, 7) is 6.52. The number of ether oxygens (including phenoxy) is 1. The first-order valence-electron chi connectivity index (χ1n) is 10.6. The minimum atomic E-state index is -0.594. The molecule has 3 aromatic rings. The predicted molar refractivity (Wildman–Crippen MR) is 124 cm³/mol. The van der Waals surface area contributed by atoms with E-state index in [9.17, 15) is 14.9 Å². The lowest BCUT2D eigenvalue weighted by molar-refractivity contribution is 0.0224. The van der Waals surface area contributed by atoms with Crippen molar-refractivity contribution in [3.63, 3.8) is 0 Å². The molecule has 0 spiro atoms. The molecule has 0 unspecified atom stereocenters. The summed E-state index contributed by atoms with van der Waals surface area (Å²) in [6.07, 6.45) is 1.68. The minimum Gasteiger partial charge on any atom is -0.444 e. The fraction of sp³-hybridized carbons (Fsp3) is 0.333. The Kier molecular flexibility index (Phi) is 6.00. The van der Waals surface area contributed by atoms with Crippen LogP contribution < -0.4 is 5.32 Å². The Morgan fingerprint density at radius 3 is 2.76 bits per heavy atom. The van der Waals surface area contributed by atoms with Crippen molar-refractivity contribution in [2.45, 2.75) is 45.9 Å². The van der Waals surface area contributed by atoms with Gasteiger partial charge in [0.2, 0.25) is 0 Å². The summed E-state index contributed by atoms with van der Waals surface area (Å²) >= 11 is 5.94. The standard InChI is InChI=1S/C24H24ClN5O3/c1-24(2,3)33-23(32)29-9-7-19-18(14-29)17-5-4-15(12-26)10-20(17)30(19)22(31)28-13-16-6-8-27-21(25)11-16/h4-6,8,10-11H,7,9,13-14H2,1-3H3,(H,28,31). The van der Waals surface area contributed by atoms with Crippen molar-refractivity contribution in [1.82, 2.24) is 19.8 Å². The molecule has 170 valence electrons. The third-order valence-electron chi connectivity index (χ3n) is 5.37. The van der Waals surface area contributed by atoms with Crippen LogP contribution in [0, 0.1) is 11.3 Å². The van der Waals surface area contributed by atoms with Crippen LogP contribution in [0.1, 0.15) is 43.2 Å². The average molecular weight is 466 g/mol. The van der Waals surface area contributed by atoms with Gasteiger partial charge in [-0.15, -0.1) is 0 Å². The lowest BCUT2D eigenvalue weighted by atomic mass is 10.0. The number of nitriles is 1. The van der Waals surface area contributed by atoms with Gasteiger partial charge in [0.25, 0.3) is 0 Å². The first-order valence-corrected chi connectivity index (χ1v) is 11.0. The number of pyridine rings is 1. The largest absolute Gasteiger partial charge is 0.444 e. The molecular weight excluding hydrogens is 442 g/mol. The van der Waals surface area contributed by atoms with Crippen LogP contribution in [0.15, 0.2) is 36.5 Å². The van der Waals surface area contributed by atoms with Crippen molar-refractivity contribution in [2.24, 2.45) is 0 Å². The van der Waals surface area contributed by atoms with E-state index >= 15 is 0 Å². The smallest absolute Gasteiger partial charge is 0.410 e. The minimum absolute atomic E-state index is 0.275. The Morgan fingerprint density at radius 2 is 2.06 bits per heavy atom. The molecule has 9 heteroatoms. The molecule has 4 rings (SSSR count). The summed E-state index contributed by atoms with van der Waals surface area (Å²) in [5, 5.41) is 13.5. The number of hydrogen-bond acceptors (Lipinski definition) is 5. The Morgan fingerprint density at radius 1 is 1.27 bits per heavy atom. The van der Waals surface area contributed by atoms with E-state index in [0.717, 1.165) is 22.2 Å². The highest BCUT2D eigenvalue weighted by atomic mass is 35.5. The fourth-order valence-electron chi connectivity index (χ4n) is 3.95. The topological polar surface area (TPSA) is 100 Å². The summed E-state index contributed by atoms with van der Waals surface area (Å²) in [7, 11) is 0. The molecule has 1 N–H and O–H groups in total. The van der Waals surface area contributed by atoms with Gasteiger partial charge in [0.15, 0.2) is 0 Å². The molecular formula is C24H24ClN5O3. The first kappa shape index (κ1) is 22.6. The summed E-state index contributed by atoms with van der Waals surface area (Å²) in [5.41, 5.74) is 3.02. The van der Waals surface area contributed by atoms with Crippen LogP contribution in [-0.2, 0) is 24.2 Å². The Labute approximate surface area is 196 Å². The molecule has 2 amide bonds. The van der Waals surface area contributed by atoms with Gasteiger partial charge in [0.1, 0.15) is 10.8 Å². The number of carbonyl (C=O) groups excluding carboxylic acids is 2. The molecule has 0 fully saturated rings. The van der Waals surface area contributed by atoms with E-state index in [1.807, 2.05) is 26.8 Å². The second-order valence-electron chi connectivity index (χ2n) is 8.90. The molecule has 1 aromatic carbocycles. The van der Waals surface area contributed by atoms with Crippen LogP contribution in [0.2, 0.25) is 5.15 Å². The number of benzene rings is 1. The monoisotopic (exact) mass is 465 g/mol. The highest BCUT2D eigenvalue weighted by Gasteiger charge is 2.31. The van der Waals surface area contributed by atoms with E-state index in [1.165, 1.54) is 0 Å². The van der Waals surface area contributed by atoms with Gasteiger partial charge < -0.3 is 15.0 Å². The summed E-state index contributed by atoms with van der Waals surface area (Å²) in [5.74, 6) is 0. The van der Waals surface area contributed by atoms with Gasteiger partial charge in [-0.3, -0.25) is 4.57 Å². The van der Waals surface area contributed by atoms with E-state index in [2.05, 4.69) is 16.4 Å². The number of nitrogens with zero attached hydrogens (tertiary/aromatic N) is 4. The zero-order chi connectivity index (χ0) is 23.8. The zero-order valence-corrected chi connectivity index (χ0v) is 19.4. The van der Waals surface area contributed by atoms with Crippen LogP contribution in [0.3, 0.4) is 0 Å². The van der Waals surface area contributed by atoms with E-state index in [4.69, 9.17) is 16.3 Å². The highest BCUT2D eigenvalue weighted by Crippen LogP contribution is 2.32. The quantitative estimate of drug-likeness (QED) is 0.557. The van der Waals surface area contributed by atoms with Gasteiger partial charge >= 0.3 is 12.1 Å². The number of aromatic nitrogens is 2. The molecule has 0 atom stereocenters. The number of rotatable bonds is 2. The molecule has 0 radical (unpaired) electrons. The highest BCUT2D eigenvalue weighted by molar-refractivity contribution is 6.29. The van der Waals surface area contributed by atoms with Crippen molar-refractivity contribution in [3.8, 4) is 6.07 Å². The normalized spacial score (nSPS) is 13.4. The van der Waals surface area contributed by atoms with Crippen molar-refractivity contribution >= 4 is 34.6 Å². The number of fused-ring (bicyclic) bond motifs is 3. The molecule has 0 bridgehead atoms. The van der Waals surface area contributed by atoms with Crippen molar-refractivity contribution in [1.29, 1.82) is 5.26 Å². The average Bonchev–Trinajstić information content (AvgIpc) is 3.09. The van der Waals surface area contributed by atoms with Gasteiger partial charge in [-0.2, -0.15) is 5.26 Å². The lowest BCUT2D eigenvalue weighted by Crippen LogP contribution is -2.40. The SMILES string of the molecule is CC(C)(C)OC(=O)N1CCc2c(c3ccc(C#N)cc3n2C(=O)NCc2ccnc(Cl)c2)C1. The summed E-state index contributed by atoms with van der Waals surface area (Å²) in [6, 6.07) is 10.5. The predicted octanol–water partition coefficient (Wildman–Crippen LogP) is 4.61. The molecule has 1 aliphatic heterocycles. The second kappa shape index (κ2) is 8.75. The van der Waals surface area contributed by atoms with Gasteiger partial charge in [-0.05, 0) is 50.6 Å². The third-order valence-corrected chi connectivity index (χ3v) is 5.57. The van der Waals surface area contributed by atoms with Crippen LogP contribution in [0.25, 0.3) is 10.9 Å². The maximum atomic E-state index is 13.3. The van der Waals surface area contributed by atoms with Gasteiger partial charge in [0.05, 0.1) is 23.7 Å². The van der Waals surface area contributed by atoms with Crippen LogP contribution >= 0.6 is 11.6 Å². The maximum absolute atomic E-state index is 13.3. The van der Waals surface area contributed by atoms with Crippen molar-refractivity contribution in [3.05, 3.63) is 64.1 Å². The first-order chi connectivity index (χ1) is 15.7. The van der Waals surface area contributed by atoms with E-state index in [1.54, 1.807) is 39.9 Å². The number of carbonyl (C=O) groups is 2. The number of amides is 2. The number of halogens is 1. The molecule has 1 aliphatic rings. The van der Waals surface area contributed by atoms with Crippen molar-refractivity contribution in [2.75, 3.05) is 6.54 Å². The number of hydrogen-bond donors (Lipinski definition) is 1. The fourth-order valence-corrected chi connectivity index (χ4v) is 4.15. The van der Waals surface area contributed by atoms with E-state index in [0.29, 0.717) is 35.7 Å². The molecule has 0 saturated heterocycles. The molecule has 8 nitrogen and oxygen atoms in total. The van der Waals surface area contributed by atoms with E-state index < -0.39 is 5.60 Å². The summed E-state index contributed by atoms with van der Waals surface area (Å²) in [4.78, 5) is 31.5. The van der Waals surface area contributed by atoms with Crippen LogP contribution in [0.4, 0.5) is 9.59 Å². The zero-order valence-electron chi connectivity index (χ0n) is 18.7. The summed E-state index contributed by atoms with van der Waals surface area (Å²) < 4.78 is 7.15.